The molecule has 0 saturated carbocycles. The molecule has 0 aliphatic heterocycles. The van der Waals surface area contributed by atoms with Gasteiger partial charge in [-0.15, -0.1) is 0 Å². The van der Waals surface area contributed by atoms with E-state index in [-0.39, 0.29) is 5.75 Å². The molecule has 1 heterocycles. The normalized spacial score (nSPS) is 10.1. The first-order valence-electron chi connectivity index (χ1n) is 4.69. The Hall–Kier alpha value is -1.82. The average Bonchev–Trinajstić information content (AvgIpc) is 2.26. The molecule has 0 fully saturated rings. The lowest BCUT2D eigenvalue weighted by Crippen LogP contribution is -2.05. The van der Waals surface area contributed by atoms with Gasteiger partial charge in [0.2, 0.25) is 0 Å². The van der Waals surface area contributed by atoms with Crippen molar-refractivity contribution in [3.63, 3.8) is 0 Å². The summed E-state index contributed by atoms with van der Waals surface area (Å²) < 4.78 is 10.0. The minimum absolute atomic E-state index is 0.114. The fraction of sp³-hybridized carbons (Fsp3) is 0.400. The summed E-state index contributed by atoms with van der Waals surface area (Å²) in [6.07, 6.45) is 1.93. The fourth-order valence-electron chi connectivity index (χ4n) is 1.09. The maximum Gasteiger partial charge on any atom is 0.358 e. The number of nitrogens with zero attached hydrogens (tertiary/aromatic N) is 1. The number of hydrogen-bond donors (Lipinski definition) is 2. The molecule has 2 N–H and O–H groups in total. The predicted molar refractivity (Wildman–Crippen MR) is 54.8 cm³/mol. The number of aromatic hydroxyl groups is 1. The molecule has 0 saturated heterocycles. The van der Waals surface area contributed by atoms with Gasteiger partial charge in [-0.1, -0.05) is 0 Å². The van der Waals surface area contributed by atoms with Gasteiger partial charge >= 0.3 is 5.97 Å². The van der Waals surface area contributed by atoms with E-state index in [1.54, 1.807) is 7.11 Å². The molecule has 0 unspecified atom stereocenters. The molecule has 6 heteroatoms. The van der Waals surface area contributed by atoms with Gasteiger partial charge in [-0.2, -0.15) is 0 Å². The molecule has 1 aromatic rings. The summed E-state index contributed by atoms with van der Waals surface area (Å²) in [6.45, 7) is 0.877. The van der Waals surface area contributed by atoms with Crippen LogP contribution in [0, 0.1) is 0 Å². The van der Waals surface area contributed by atoms with E-state index in [2.05, 4.69) is 4.98 Å². The Kier molecular flexibility index (Phi) is 4.53. The summed E-state index contributed by atoms with van der Waals surface area (Å²) >= 11 is 0. The maximum atomic E-state index is 10.7. The van der Waals surface area contributed by atoms with Gasteiger partial charge in [0, 0.05) is 32.4 Å². The van der Waals surface area contributed by atoms with Crippen molar-refractivity contribution in [1.82, 2.24) is 4.98 Å². The van der Waals surface area contributed by atoms with E-state index in [9.17, 15) is 9.90 Å². The summed E-state index contributed by atoms with van der Waals surface area (Å²) in [7, 11) is 1.58. The van der Waals surface area contributed by atoms with Crippen molar-refractivity contribution in [3.8, 4) is 11.5 Å². The number of carboxylic acid groups (broad SMARTS) is 1. The lowest BCUT2D eigenvalue weighted by atomic mass is 10.3. The zero-order valence-electron chi connectivity index (χ0n) is 8.84. The number of rotatable bonds is 6. The van der Waals surface area contributed by atoms with Crippen LogP contribution in [0.1, 0.15) is 16.9 Å². The highest BCUT2D eigenvalue weighted by atomic mass is 16.5. The minimum Gasteiger partial charge on any atom is -0.503 e. The number of carboxylic acids is 1. The number of ether oxygens (including phenoxy) is 2. The second-order valence-corrected chi connectivity index (χ2v) is 3.01. The maximum absolute atomic E-state index is 10.7. The van der Waals surface area contributed by atoms with E-state index in [4.69, 9.17) is 14.6 Å². The van der Waals surface area contributed by atoms with Crippen LogP contribution in [0.5, 0.6) is 11.5 Å². The quantitative estimate of drug-likeness (QED) is 0.702. The summed E-state index contributed by atoms with van der Waals surface area (Å²) in [6, 6.07) is 1.41. The van der Waals surface area contributed by atoms with Crippen LogP contribution >= 0.6 is 0 Å². The van der Waals surface area contributed by atoms with Crippen molar-refractivity contribution in [3.05, 3.63) is 18.0 Å². The molecule has 0 radical (unpaired) electrons. The zero-order chi connectivity index (χ0) is 12.0. The number of carbonyl (C=O) groups is 1. The van der Waals surface area contributed by atoms with Gasteiger partial charge in [0.15, 0.2) is 17.2 Å². The predicted octanol–water partition coefficient (Wildman–Crippen LogP) is 0.901. The van der Waals surface area contributed by atoms with Gasteiger partial charge in [0.1, 0.15) is 0 Å². The molecule has 0 amide bonds. The Labute approximate surface area is 92.5 Å². The number of hydrogen-bond acceptors (Lipinski definition) is 5. The summed E-state index contributed by atoms with van der Waals surface area (Å²) in [5.74, 6) is -1.63. The van der Waals surface area contributed by atoms with Crippen LogP contribution in [0.4, 0.5) is 0 Å². The lowest BCUT2D eigenvalue weighted by Gasteiger charge is -2.08. The topological polar surface area (TPSA) is 88.9 Å². The van der Waals surface area contributed by atoms with Gasteiger partial charge in [-0.25, -0.2) is 9.78 Å². The van der Waals surface area contributed by atoms with Crippen molar-refractivity contribution in [2.24, 2.45) is 0 Å². The third-order valence-corrected chi connectivity index (χ3v) is 1.84. The minimum atomic E-state index is -1.29. The Morgan fingerprint density at radius 3 is 2.88 bits per heavy atom. The molecule has 0 atom stereocenters. The van der Waals surface area contributed by atoms with Crippen molar-refractivity contribution in [2.45, 2.75) is 6.42 Å². The molecule has 0 bridgehead atoms. The van der Waals surface area contributed by atoms with Gasteiger partial charge in [0.05, 0.1) is 6.61 Å². The molecule has 16 heavy (non-hydrogen) atoms. The Bertz CT molecular complexity index is 366. The highest BCUT2D eigenvalue weighted by Crippen LogP contribution is 2.27. The molecule has 0 spiro atoms. The summed E-state index contributed by atoms with van der Waals surface area (Å²) in [5.41, 5.74) is -0.413. The van der Waals surface area contributed by atoms with Crippen molar-refractivity contribution in [2.75, 3.05) is 20.3 Å². The number of pyridine rings is 1. The van der Waals surface area contributed by atoms with Gasteiger partial charge in [0.25, 0.3) is 0 Å². The fourth-order valence-corrected chi connectivity index (χ4v) is 1.09. The molecule has 0 aromatic carbocycles. The van der Waals surface area contributed by atoms with Crippen LogP contribution in [-0.4, -0.2) is 41.5 Å². The second-order valence-electron chi connectivity index (χ2n) is 3.01. The summed E-state index contributed by atoms with van der Waals surface area (Å²) in [4.78, 5) is 14.2. The van der Waals surface area contributed by atoms with Gasteiger partial charge in [-0.3, -0.25) is 0 Å². The Morgan fingerprint density at radius 2 is 2.25 bits per heavy atom. The lowest BCUT2D eigenvalue weighted by molar-refractivity contribution is 0.0685. The summed E-state index contributed by atoms with van der Waals surface area (Å²) in [5, 5.41) is 18.2. The van der Waals surface area contributed by atoms with Crippen LogP contribution in [0.25, 0.3) is 0 Å². The molecule has 0 aliphatic carbocycles. The third-order valence-electron chi connectivity index (χ3n) is 1.84. The van der Waals surface area contributed by atoms with Crippen LogP contribution in [0.3, 0.4) is 0 Å². The Balaban J connectivity index is 2.66. The average molecular weight is 227 g/mol. The van der Waals surface area contributed by atoms with E-state index in [1.807, 2.05) is 0 Å². The molecule has 88 valence electrons. The molecule has 0 aliphatic rings. The van der Waals surface area contributed by atoms with Crippen LogP contribution in [0.2, 0.25) is 0 Å². The van der Waals surface area contributed by atoms with Crippen molar-refractivity contribution in [1.29, 1.82) is 0 Å². The van der Waals surface area contributed by atoms with E-state index < -0.39 is 17.4 Å². The van der Waals surface area contributed by atoms with Gasteiger partial charge < -0.3 is 19.7 Å². The van der Waals surface area contributed by atoms with Crippen molar-refractivity contribution < 1.29 is 24.5 Å². The number of aromatic nitrogens is 1. The second kappa shape index (κ2) is 5.92. The van der Waals surface area contributed by atoms with Gasteiger partial charge in [-0.05, 0) is 0 Å². The number of aromatic carboxylic acids is 1. The smallest absolute Gasteiger partial charge is 0.358 e. The van der Waals surface area contributed by atoms with Crippen LogP contribution in [0.15, 0.2) is 12.3 Å². The van der Waals surface area contributed by atoms with Crippen LogP contribution in [-0.2, 0) is 4.74 Å². The van der Waals surface area contributed by atoms with E-state index in [0.717, 1.165) is 0 Å². The standard InChI is InChI=1S/C10H13NO5/c1-15-5-2-6-16-7-3-4-11-8(9(7)12)10(13)14/h3-4,12H,2,5-6H2,1H3,(H,13,14). The molecule has 6 nitrogen and oxygen atoms in total. The van der Waals surface area contributed by atoms with Crippen molar-refractivity contribution >= 4 is 5.97 Å². The van der Waals surface area contributed by atoms with Crippen LogP contribution < -0.4 is 4.74 Å². The molecule has 1 rings (SSSR count). The highest BCUT2D eigenvalue weighted by Gasteiger charge is 2.15. The first-order valence-corrected chi connectivity index (χ1v) is 4.69. The monoisotopic (exact) mass is 227 g/mol. The molecular formula is C10H13NO5. The zero-order valence-corrected chi connectivity index (χ0v) is 8.84. The first kappa shape index (κ1) is 12.3. The highest BCUT2D eigenvalue weighted by molar-refractivity contribution is 5.89. The van der Waals surface area contributed by atoms with E-state index in [1.165, 1.54) is 12.3 Å². The van der Waals surface area contributed by atoms with E-state index >= 15 is 0 Å². The molecular weight excluding hydrogens is 214 g/mol. The third kappa shape index (κ3) is 3.09. The SMILES string of the molecule is COCCCOc1ccnc(C(=O)O)c1O. The first-order chi connectivity index (χ1) is 7.66. The molecule has 1 aromatic heterocycles. The van der Waals surface area contributed by atoms with E-state index in [0.29, 0.717) is 19.6 Å². The number of methoxy groups -OCH3 is 1. The largest absolute Gasteiger partial charge is 0.503 e. The Morgan fingerprint density at radius 1 is 1.50 bits per heavy atom.